The van der Waals surface area contributed by atoms with Crippen LogP contribution in [0.25, 0.3) is 0 Å². The normalized spacial score (nSPS) is 9.07. The number of benzene rings is 1. The minimum atomic E-state index is -0.342. The number of nitrogens with zero attached hydrogens (tertiary/aromatic N) is 1. The Balaban J connectivity index is 2.79. The summed E-state index contributed by atoms with van der Waals surface area (Å²) in [6.45, 7) is 0. The van der Waals surface area contributed by atoms with E-state index in [2.05, 4.69) is 10.5 Å². The van der Waals surface area contributed by atoms with Gasteiger partial charge >= 0.3 is 0 Å². The maximum Gasteiger partial charge on any atom is 0.166 e. The molecule has 6 heteroatoms. The van der Waals surface area contributed by atoms with Gasteiger partial charge in [0.1, 0.15) is 11.7 Å². The number of rotatable bonds is 4. The summed E-state index contributed by atoms with van der Waals surface area (Å²) in [7, 11) is 0. The molecule has 1 aromatic carbocycles. The molecule has 0 aliphatic heterocycles. The van der Waals surface area contributed by atoms with E-state index in [4.69, 9.17) is 22.3 Å². The molecule has 78 valence electrons. The number of nitrogens with two attached hydrogens (primary N) is 2. The lowest BCUT2D eigenvalue weighted by molar-refractivity contribution is 1.33. The molecule has 0 atom stereocenters. The highest BCUT2D eigenvalue weighted by Crippen LogP contribution is 2.04. The Labute approximate surface area is 87.0 Å². The van der Waals surface area contributed by atoms with Crippen molar-refractivity contribution in [3.63, 3.8) is 0 Å². The van der Waals surface area contributed by atoms with Gasteiger partial charge in [-0.05, 0) is 12.1 Å². The number of hydrogen-bond acceptors (Lipinski definition) is 4. The fourth-order valence-corrected chi connectivity index (χ4v) is 0.899. The predicted octanol–water partition coefficient (Wildman–Crippen LogP) is 0.326. The second kappa shape index (κ2) is 4.75. The first-order valence-corrected chi connectivity index (χ1v) is 4.19. The highest BCUT2D eigenvalue weighted by Gasteiger charge is 2.06. The molecule has 0 unspecified atom stereocenters. The number of amidine groups is 2. The van der Waals surface area contributed by atoms with Crippen LogP contribution in [0.1, 0.15) is 0 Å². The molecule has 0 saturated carbocycles. The molecule has 0 bridgehead atoms. The van der Waals surface area contributed by atoms with Crippen LogP contribution in [0.5, 0.6) is 0 Å². The van der Waals surface area contributed by atoms with Gasteiger partial charge in [-0.3, -0.25) is 16.2 Å². The van der Waals surface area contributed by atoms with Gasteiger partial charge < -0.3 is 11.5 Å². The maximum absolute atomic E-state index is 7.13. The molecule has 0 spiro atoms. The van der Waals surface area contributed by atoms with Crippen molar-refractivity contribution < 1.29 is 0 Å². The largest absolute Gasteiger partial charge is 0.382 e. The average molecular weight is 204 g/mol. The highest BCUT2D eigenvalue weighted by atomic mass is 15.3. The summed E-state index contributed by atoms with van der Waals surface area (Å²) in [4.78, 5) is 0. The van der Waals surface area contributed by atoms with Crippen molar-refractivity contribution >= 4 is 23.1 Å². The minimum absolute atomic E-state index is 0.0705. The topological polar surface area (TPSA) is 124 Å². The van der Waals surface area contributed by atoms with Crippen LogP contribution >= 0.6 is 0 Å². The molecular formula is C9H12N6. The highest BCUT2D eigenvalue weighted by molar-refractivity contribution is 6.66. The van der Waals surface area contributed by atoms with Crippen LogP contribution in [0.4, 0.5) is 5.69 Å². The van der Waals surface area contributed by atoms with E-state index < -0.39 is 0 Å². The summed E-state index contributed by atoms with van der Waals surface area (Å²) in [5.74, 6) is -0.683. The van der Waals surface area contributed by atoms with E-state index in [1.54, 1.807) is 12.1 Å². The van der Waals surface area contributed by atoms with E-state index in [1.165, 1.54) is 0 Å². The molecule has 1 aromatic rings. The van der Waals surface area contributed by atoms with Gasteiger partial charge in [0.25, 0.3) is 0 Å². The Morgan fingerprint density at radius 3 is 2.07 bits per heavy atom. The smallest absolute Gasteiger partial charge is 0.166 e. The Morgan fingerprint density at radius 1 is 1.07 bits per heavy atom. The van der Waals surface area contributed by atoms with E-state index in [-0.39, 0.29) is 17.4 Å². The van der Waals surface area contributed by atoms with E-state index in [9.17, 15) is 0 Å². The zero-order valence-electron chi connectivity index (χ0n) is 7.99. The number of hydrazone groups is 1. The molecule has 7 N–H and O–H groups in total. The van der Waals surface area contributed by atoms with Gasteiger partial charge in [-0.2, -0.15) is 5.10 Å². The molecule has 0 aliphatic carbocycles. The fourth-order valence-electron chi connectivity index (χ4n) is 0.899. The van der Waals surface area contributed by atoms with Crippen molar-refractivity contribution in [1.29, 1.82) is 10.8 Å². The molecule has 0 radical (unpaired) electrons. The average Bonchev–Trinajstić information content (AvgIpc) is 2.18. The summed E-state index contributed by atoms with van der Waals surface area (Å²) < 4.78 is 0. The lowest BCUT2D eigenvalue weighted by Crippen LogP contribution is -2.35. The van der Waals surface area contributed by atoms with E-state index in [0.29, 0.717) is 0 Å². The first-order chi connectivity index (χ1) is 7.11. The third-order valence-corrected chi connectivity index (χ3v) is 1.58. The lowest BCUT2D eigenvalue weighted by atomic mass is 10.3. The Kier molecular flexibility index (Phi) is 3.39. The van der Waals surface area contributed by atoms with E-state index in [0.717, 1.165) is 5.69 Å². The number of para-hydroxylation sites is 1. The van der Waals surface area contributed by atoms with Crippen LogP contribution < -0.4 is 16.9 Å². The third-order valence-electron chi connectivity index (χ3n) is 1.58. The second-order valence-corrected chi connectivity index (χ2v) is 2.77. The minimum Gasteiger partial charge on any atom is -0.382 e. The Hall–Kier alpha value is -2.37. The van der Waals surface area contributed by atoms with E-state index in [1.807, 2.05) is 18.2 Å². The van der Waals surface area contributed by atoms with Gasteiger partial charge in [-0.1, -0.05) is 18.2 Å². The van der Waals surface area contributed by atoms with Crippen molar-refractivity contribution in [2.45, 2.75) is 0 Å². The number of nitrogens with one attached hydrogen (secondary N) is 3. The Morgan fingerprint density at radius 2 is 1.60 bits per heavy atom. The van der Waals surface area contributed by atoms with Crippen LogP contribution in [-0.2, 0) is 0 Å². The summed E-state index contributed by atoms with van der Waals surface area (Å²) in [5, 5.41) is 18.0. The lowest BCUT2D eigenvalue weighted by Gasteiger charge is -2.03. The summed E-state index contributed by atoms with van der Waals surface area (Å²) >= 11 is 0. The van der Waals surface area contributed by atoms with Crippen molar-refractivity contribution in [3.8, 4) is 0 Å². The molecule has 15 heavy (non-hydrogen) atoms. The molecule has 0 fully saturated rings. The molecular weight excluding hydrogens is 192 g/mol. The standard InChI is InChI=1S/C9H12N6/c10-8(11)7(9(12)13)15-14-6-4-2-1-3-5-6/h1-5,14H,(H3,10,11)(H3,12,13). The summed E-state index contributed by atoms with van der Waals surface area (Å²) in [6, 6.07) is 9.12. The molecule has 0 aromatic heterocycles. The van der Waals surface area contributed by atoms with Gasteiger partial charge in [0.05, 0.1) is 5.69 Å². The molecule has 0 aliphatic rings. The zero-order valence-corrected chi connectivity index (χ0v) is 7.99. The van der Waals surface area contributed by atoms with Crippen LogP contribution in [0, 0.1) is 10.8 Å². The van der Waals surface area contributed by atoms with Crippen molar-refractivity contribution in [3.05, 3.63) is 30.3 Å². The third kappa shape index (κ3) is 3.11. The van der Waals surface area contributed by atoms with Gasteiger partial charge in [-0.25, -0.2) is 0 Å². The Bertz CT molecular complexity index is 378. The van der Waals surface area contributed by atoms with E-state index >= 15 is 0 Å². The summed E-state index contributed by atoms with van der Waals surface area (Å²) in [5.41, 5.74) is 13.7. The van der Waals surface area contributed by atoms with Crippen molar-refractivity contribution in [2.75, 3.05) is 5.43 Å². The van der Waals surface area contributed by atoms with Crippen molar-refractivity contribution in [2.24, 2.45) is 16.6 Å². The van der Waals surface area contributed by atoms with Gasteiger partial charge in [0.15, 0.2) is 5.71 Å². The molecule has 0 amide bonds. The molecule has 1 rings (SSSR count). The molecule has 6 nitrogen and oxygen atoms in total. The predicted molar refractivity (Wildman–Crippen MR) is 61.3 cm³/mol. The maximum atomic E-state index is 7.13. The SMILES string of the molecule is N=C(N)C(=NNc1ccccc1)C(=N)N. The van der Waals surface area contributed by atoms with Crippen LogP contribution in [0.2, 0.25) is 0 Å². The molecule has 0 saturated heterocycles. The quantitative estimate of drug-likeness (QED) is 0.275. The van der Waals surface area contributed by atoms with Crippen LogP contribution in [0.3, 0.4) is 0 Å². The van der Waals surface area contributed by atoms with Gasteiger partial charge in [-0.15, -0.1) is 0 Å². The fraction of sp³-hybridized carbons (Fsp3) is 0. The van der Waals surface area contributed by atoms with Gasteiger partial charge in [0, 0.05) is 0 Å². The zero-order chi connectivity index (χ0) is 11.3. The first kappa shape index (κ1) is 10.7. The van der Waals surface area contributed by atoms with Crippen molar-refractivity contribution in [1.82, 2.24) is 0 Å². The second-order valence-electron chi connectivity index (χ2n) is 2.77. The number of anilines is 1. The van der Waals surface area contributed by atoms with Crippen LogP contribution in [0.15, 0.2) is 35.4 Å². The number of hydrogen-bond donors (Lipinski definition) is 5. The van der Waals surface area contributed by atoms with Gasteiger partial charge in [0.2, 0.25) is 0 Å². The summed E-state index contributed by atoms with van der Waals surface area (Å²) in [6.07, 6.45) is 0. The molecule has 0 heterocycles. The van der Waals surface area contributed by atoms with Crippen LogP contribution in [-0.4, -0.2) is 17.4 Å². The first-order valence-electron chi connectivity index (χ1n) is 4.19. The monoisotopic (exact) mass is 204 g/mol.